The molecule has 0 amide bonds. The molecule has 8 heteroatoms. The maximum Gasteiger partial charge on any atom is 0.316 e. The van der Waals surface area contributed by atoms with Gasteiger partial charge >= 0.3 is 5.97 Å². The highest BCUT2D eigenvalue weighted by molar-refractivity contribution is 8.00. The van der Waals surface area contributed by atoms with Gasteiger partial charge in [0.2, 0.25) is 0 Å². The molecular weight excluding hydrogens is 434 g/mol. The highest BCUT2D eigenvalue weighted by atomic mass is 32.2. The Balaban J connectivity index is 1.80. The van der Waals surface area contributed by atoms with Crippen molar-refractivity contribution in [2.45, 2.75) is 22.0 Å². The number of carboxylic acids is 1. The lowest BCUT2D eigenvalue weighted by Crippen LogP contribution is -2.14. The van der Waals surface area contributed by atoms with Gasteiger partial charge in [-0.1, -0.05) is 54.6 Å². The van der Waals surface area contributed by atoms with Gasteiger partial charge in [-0.25, -0.2) is 8.42 Å². The lowest BCUT2D eigenvalue weighted by atomic mass is 10.1. The van der Waals surface area contributed by atoms with Crippen LogP contribution in [-0.4, -0.2) is 29.9 Å². The quantitative estimate of drug-likeness (QED) is 0.278. The number of hydrogen-bond donors (Lipinski definition) is 3. The summed E-state index contributed by atoms with van der Waals surface area (Å²) in [5, 5.41) is 21.7. The molecular formula is C23H19NO5S2. The molecule has 4 aromatic rings. The molecule has 0 unspecified atom stereocenters. The smallest absolute Gasteiger partial charge is 0.316 e. The summed E-state index contributed by atoms with van der Waals surface area (Å²) in [4.78, 5) is 11.7. The van der Waals surface area contributed by atoms with E-state index in [1.54, 1.807) is 36.4 Å². The topological polar surface area (TPSA) is 104 Å². The van der Waals surface area contributed by atoms with Gasteiger partial charge < -0.3 is 10.2 Å². The average Bonchev–Trinajstić information content (AvgIpc) is 2.76. The van der Waals surface area contributed by atoms with E-state index in [2.05, 4.69) is 4.72 Å². The molecule has 3 N–H and O–H groups in total. The molecule has 0 heterocycles. The van der Waals surface area contributed by atoms with Crippen molar-refractivity contribution in [2.24, 2.45) is 0 Å². The number of aliphatic carboxylic acids is 1. The molecule has 1 atom stereocenters. The fraction of sp³-hybridized carbons (Fsp3) is 0.0870. The minimum absolute atomic E-state index is 0.0812. The monoisotopic (exact) mass is 453 g/mol. The first-order chi connectivity index (χ1) is 14.8. The number of aromatic hydroxyl groups is 1. The van der Waals surface area contributed by atoms with Gasteiger partial charge in [0.1, 0.15) is 11.0 Å². The van der Waals surface area contributed by atoms with Crippen molar-refractivity contribution in [2.75, 3.05) is 4.72 Å². The zero-order valence-electron chi connectivity index (χ0n) is 16.4. The summed E-state index contributed by atoms with van der Waals surface area (Å²) in [6.07, 6.45) is 0. The van der Waals surface area contributed by atoms with Gasteiger partial charge in [0.15, 0.2) is 0 Å². The lowest BCUT2D eigenvalue weighted by molar-refractivity contribution is -0.136. The summed E-state index contributed by atoms with van der Waals surface area (Å²) < 4.78 is 28.9. The van der Waals surface area contributed by atoms with E-state index in [4.69, 9.17) is 0 Å². The van der Waals surface area contributed by atoms with Crippen LogP contribution in [0.1, 0.15) is 6.92 Å². The molecule has 6 nitrogen and oxygen atoms in total. The Hall–Kier alpha value is -3.23. The maximum absolute atomic E-state index is 13.1. The van der Waals surface area contributed by atoms with Gasteiger partial charge in [0.05, 0.1) is 15.5 Å². The minimum atomic E-state index is -3.93. The third kappa shape index (κ3) is 4.17. The molecule has 4 aromatic carbocycles. The summed E-state index contributed by atoms with van der Waals surface area (Å²) in [7, 11) is -3.93. The highest BCUT2D eigenvalue weighted by Crippen LogP contribution is 2.41. The molecule has 158 valence electrons. The zero-order chi connectivity index (χ0) is 22.2. The van der Waals surface area contributed by atoms with Crippen LogP contribution in [0.5, 0.6) is 5.75 Å². The first-order valence-corrected chi connectivity index (χ1v) is 11.8. The summed E-state index contributed by atoms with van der Waals surface area (Å²) in [6, 6.07) is 20.6. The van der Waals surface area contributed by atoms with Crippen molar-refractivity contribution in [1.29, 1.82) is 0 Å². The normalized spacial score (nSPS) is 12.7. The summed E-state index contributed by atoms with van der Waals surface area (Å²) >= 11 is 0.947. The van der Waals surface area contributed by atoms with Crippen molar-refractivity contribution in [3.63, 3.8) is 0 Å². The molecule has 0 saturated carbocycles. The number of nitrogens with one attached hydrogen (secondary N) is 1. The van der Waals surface area contributed by atoms with Crippen LogP contribution in [0.2, 0.25) is 0 Å². The Morgan fingerprint density at radius 1 is 0.935 bits per heavy atom. The van der Waals surface area contributed by atoms with Gasteiger partial charge in [0, 0.05) is 10.8 Å². The number of phenols is 1. The fourth-order valence-electron chi connectivity index (χ4n) is 3.29. The second-order valence-electron chi connectivity index (χ2n) is 7.03. The third-order valence-electron chi connectivity index (χ3n) is 4.91. The maximum atomic E-state index is 13.1. The number of phenolic OH excluding ortho intramolecular Hbond substituents is 1. The number of benzene rings is 4. The number of carbonyl (C=O) groups is 1. The molecule has 0 aromatic heterocycles. The van der Waals surface area contributed by atoms with E-state index in [0.717, 1.165) is 22.5 Å². The average molecular weight is 454 g/mol. The van der Waals surface area contributed by atoms with Crippen LogP contribution in [0.3, 0.4) is 0 Å². The van der Waals surface area contributed by atoms with E-state index in [1.807, 2.05) is 24.3 Å². The second-order valence-corrected chi connectivity index (χ2v) is 10.1. The molecule has 0 bridgehead atoms. The Bertz CT molecular complexity index is 1420. The van der Waals surface area contributed by atoms with Crippen molar-refractivity contribution in [3.05, 3.63) is 72.8 Å². The predicted octanol–water partition coefficient (Wildman–Crippen LogP) is 5.06. The van der Waals surface area contributed by atoms with Crippen LogP contribution in [0.15, 0.2) is 82.6 Å². The number of hydrogen-bond acceptors (Lipinski definition) is 5. The van der Waals surface area contributed by atoms with E-state index in [9.17, 15) is 23.4 Å². The SMILES string of the molecule is C[C@H](Sc1cc(NS(=O)(=O)c2ccc3ccccc3c2)c2ccccc2c1O)C(=O)O. The Morgan fingerprint density at radius 3 is 2.29 bits per heavy atom. The minimum Gasteiger partial charge on any atom is -0.506 e. The molecule has 0 saturated heterocycles. The van der Waals surface area contributed by atoms with Crippen LogP contribution in [0.25, 0.3) is 21.5 Å². The van der Waals surface area contributed by atoms with Gasteiger partial charge in [0.25, 0.3) is 10.0 Å². The van der Waals surface area contributed by atoms with Crippen LogP contribution in [-0.2, 0) is 14.8 Å². The number of rotatable bonds is 6. The molecule has 0 spiro atoms. The second kappa shape index (κ2) is 8.13. The van der Waals surface area contributed by atoms with Crippen molar-refractivity contribution in [3.8, 4) is 5.75 Å². The molecule has 0 aliphatic carbocycles. The van der Waals surface area contributed by atoms with Gasteiger partial charge in [-0.15, -0.1) is 11.8 Å². The first kappa shape index (κ1) is 21.0. The molecule has 0 aliphatic rings. The van der Waals surface area contributed by atoms with Gasteiger partial charge in [-0.05, 0) is 35.9 Å². The van der Waals surface area contributed by atoms with E-state index in [1.165, 1.54) is 19.1 Å². The van der Waals surface area contributed by atoms with E-state index >= 15 is 0 Å². The number of anilines is 1. The number of sulfonamides is 1. The van der Waals surface area contributed by atoms with Crippen molar-refractivity contribution >= 4 is 55.0 Å². The van der Waals surface area contributed by atoms with E-state index in [0.29, 0.717) is 10.8 Å². The van der Waals surface area contributed by atoms with Gasteiger partial charge in [-0.3, -0.25) is 9.52 Å². The zero-order valence-corrected chi connectivity index (χ0v) is 18.1. The highest BCUT2D eigenvalue weighted by Gasteiger charge is 2.21. The largest absolute Gasteiger partial charge is 0.506 e. The standard InChI is InChI=1S/C23H19NO5S2/c1-14(23(26)27)30-21-13-20(18-8-4-5-9-19(18)22(21)25)24-31(28,29)17-11-10-15-6-2-3-7-16(15)12-17/h2-14,24-25H,1H3,(H,26,27)/t14-/m0/s1. The van der Waals surface area contributed by atoms with Crippen LogP contribution in [0.4, 0.5) is 5.69 Å². The molecule has 0 aliphatic heterocycles. The van der Waals surface area contributed by atoms with Crippen LogP contribution >= 0.6 is 11.8 Å². The molecule has 0 fully saturated rings. The Labute approximate surface area is 183 Å². The predicted molar refractivity (Wildman–Crippen MR) is 123 cm³/mol. The third-order valence-corrected chi connectivity index (χ3v) is 7.39. The van der Waals surface area contributed by atoms with E-state index < -0.39 is 21.2 Å². The Kier molecular flexibility index (Phi) is 5.51. The van der Waals surface area contributed by atoms with Crippen molar-refractivity contribution < 1.29 is 23.4 Å². The number of fused-ring (bicyclic) bond motifs is 2. The Morgan fingerprint density at radius 2 is 1.58 bits per heavy atom. The van der Waals surface area contributed by atoms with Crippen LogP contribution in [0, 0.1) is 0 Å². The molecule has 4 rings (SSSR count). The summed E-state index contributed by atoms with van der Waals surface area (Å²) in [5.41, 5.74) is 0.265. The molecule has 31 heavy (non-hydrogen) atoms. The first-order valence-electron chi connectivity index (χ1n) is 9.42. The van der Waals surface area contributed by atoms with Gasteiger partial charge in [-0.2, -0.15) is 0 Å². The number of carboxylic acid groups (broad SMARTS) is 1. The van der Waals surface area contributed by atoms with Crippen LogP contribution < -0.4 is 4.72 Å². The lowest BCUT2D eigenvalue weighted by Gasteiger charge is -2.16. The summed E-state index contributed by atoms with van der Waals surface area (Å²) in [6.45, 7) is 1.50. The fourth-order valence-corrected chi connectivity index (χ4v) is 5.28. The summed E-state index contributed by atoms with van der Waals surface area (Å²) in [5.74, 6) is -1.11. The van der Waals surface area contributed by atoms with E-state index in [-0.39, 0.29) is 21.2 Å². The molecule has 0 radical (unpaired) electrons. The number of thioether (sulfide) groups is 1. The van der Waals surface area contributed by atoms with Crippen molar-refractivity contribution in [1.82, 2.24) is 0 Å².